The van der Waals surface area contributed by atoms with Crippen molar-refractivity contribution in [2.45, 2.75) is 28.6 Å². The van der Waals surface area contributed by atoms with Crippen LogP contribution in [-0.2, 0) is 11.2 Å². The van der Waals surface area contributed by atoms with Crippen LogP contribution >= 0.6 is 23.5 Å². The van der Waals surface area contributed by atoms with Gasteiger partial charge in [-0.3, -0.25) is 14.2 Å². The van der Waals surface area contributed by atoms with E-state index in [0.29, 0.717) is 27.8 Å². The van der Waals surface area contributed by atoms with Gasteiger partial charge in [-0.25, -0.2) is 13.8 Å². The third kappa shape index (κ3) is 4.41. The van der Waals surface area contributed by atoms with E-state index in [0.717, 1.165) is 17.5 Å². The van der Waals surface area contributed by atoms with Crippen molar-refractivity contribution in [3.8, 4) is 5.69 Å². The first-order valence-electron chi connectivity index (χ1n) is 9.17. The summed E-state index contributed by atoms with van der Waals surface area (Å²) in [7, 11) is 0. The van der Waals surface area contributed by atoms with Gasteiger partial charge in [-0.1, -0.05) is 18.7 Å². The Hall–Kier alpha value is -2.65. The van der Waals surface area contributed by atoms with Crippen LogP contribution in [0.15, 0.2) is 63.4 Å². The highest BCUT2D eigenvalue weighted by Crippen LogP contribution is 2.34. The van der Waals surface area contributed by atoms with Gasteiger partial charge in [-0.05, 0) is 48.5 Å². The van der Waals surface area contributed by atoms with E-state index in [-0.39, 0.29) is 28.3 Å². The molecule has 0 bridgehead atoms. The molecule has 1 N–H and O–H groups in total. The molecule has 1 atom stereocenters. The summed E-state index contributed by atoms with van der Waals surface area (Å²) in [5.74, 6) is -1.10. The molecule has 0 fully saturated rings. The highest BCUT2D eigenvalue weighted by Gasteiger charge is 2.27. The van der Waals surface area contributed by atoms with Crippen LogP contribution in [0.3, 0.4) is 0 Å². The van der Waals surface area contributed by atoms with Crippen LogP contribution in [0.1, 0.15) is 12.6 Å². The van der Waals surface area contributed by atoms with Crippen molar-refractivity contribution in [2.24, 2.45) is 0 Å². The monoisotopic (exact) mass is 445 g/mol. The number of carbonyl (C=O) groups excluding carboxylic acids is 1. The molecule has 0 aliphatic carbocycles. The number of fused-ring (bicyclic) bond motifs is 1. The van der Waals surface area contributed by atoms with Crippen molar-refractivity contribution in [3.05, 3.63) is 76.2 Å². The molecule has 4 rings (SSSR count). The fraction of sp³-hybridized carbons (Fsp3) is 0.190. The minimum absolute atomic E-state index is 0.00644. The number of amides is 1. The van der Waals surface area contributed by atoms with Gasteiger partial charge < -0.3 is 5.32 Å². The topological polar surface area (TPSA) is 64.0 Å². The van der Waals surface area contributed by atoms with E-state index in [4.69, 9.17) is 0 Å². The minimum Gasteiger partial charge on any atom is -0.325 e. The largest absolute Gasteiger partial charge is 0.325 e. The highest BCUT2D eigenvalue weighted by molar-refractivity contribution is 8.00. The second-order valence-corrected chi connectivity index (χ2v) is 9.15. The van der Waals surface area contributed by atoms with E-state index in [9.17, 15) is 18.4 Å². The standard InChI is InChI=1S/C21H17F2N3O2S2/c1-12-10-17-19(30-12)20(28)26(16-8-4-14(23)5-9-16)21(25-17)29-11-18(27)24-15-6-2-13(22)3-7-15/h2-9,12H,10-11H2,1H3,(H,24,27)/t12-/m0/s1. The highest BCUT2D eigenvalue weighted by atomic mass is 32.2. The second kappa shape index (κ2) is 8.61. The van der Waals surface area contributed by atoms with Gasteiger partial charge in [0.2, 0.25) is 5.91 Å². The summed E-state index contributed by atoms with van der Waals surface area (Å²) in [6.07, 6.45) is 0.675. The Morgan fingerprint density at radius 2 is 1.80 bits per heavy atom. The maximum atomic E-state index is 13.4. The molecular weight excluding hydrogens is 428 g/mol. The lowest BCUT2D eigenvalue weighted by Crippen LogP contribution is -2.24. The lowest BCUT2D eigenvalue weighted by atomic mass is 10.2. The van der Waals surface area contributed by atoms with E-state index in [1.807, 2.05) is 6.92 Å². The first-order chi connectivity index (χ1) is 14.4. The van der Waals surface area contributed by atoms with Crippen LogP contribution in [0, 0.1) is 11.6 Å². The van der Waals surface area contributed by atoms with Crippen LogP contribution in [0.25, 0.3) is 5.69 Å². The molecule has 2 aromatic carbocycles. The molecule has 3 aromatic rings. The minimum atomic E-state index is -0.406. The summed E-state index contributed by atoms with van der Waals surface area (Å²) in [6.45, 7) is 2.02. The van der Waals surface area contributed by atoms with Gasteiger partial charge in [-0.2, -0.15) is 0 Å². The Bertz CT molecular complexity index is 1150. The SMILES string of the molecule is C[C@H]1Cc2nc(SCC(=O)Nc3ccc(F)cc3)n(-c3ccc(F)cc3)c(=O)c2S1. The van der Waals surface area contributed by atoms with Gasteiger partial charge in [0.1, 0.15) is 11.6 Å². The van der Waals surface area contributed by atoms with Crippen LogP contribution in [0.5, 0.6) is 0 Å². The van der Waals surface area contributed by atoms with E-state index in [1.54, 1.807) is 0 Å². The zero-order valence-corrected chi connectivity index (χ0v) is 17.5. The number of hydrogen-bond acceptors (Lipinski definition) is 5. The van der Waals surface area contributed by atoms with Crippen LogP contribution in [0.2, 0.25) is 0 Å². The number of benzene rings is 2. The Morgan fingerprint density at radius 1 is 1.17 bits per heavy atom. The van der Waals surface area contributed by atoms with Gasteiger partial charge in [0.05, 0.1) is 22.0 Å². The van der Waals surface area contributed by atoms with Crippen LogP contribution in [-0.4, -0.2) is 26.5 Å². The smallest absolute Gasteiger partial charge is 0.272 e. The summed E-state index contributed by atoms with van der Waals surface area (Å²) in [4.78, 5) is 30.7. The molecule has 0 unspecified atom stereocenters. The summed E-state index contributed by atoms with van der Waals surface area (Å²) in [5.41, 5.74) is 1.46. The molecule has 5 nitrogen and oxygen atoms in total. The molecule has 1 aromatic heterocycles. The number of halogens is 2. The maximum absolute atomic E-state index is 13.4. The summed E-state index contributed by atoms with van der Waals surface area (Å²) < 4.78 is 27.8. The van der Waals surface area contributed by atoms with Crippen molar-refractivity contribution in [3.63, 3.8) is 0 Å². The summed E-state index contributed by atoms with van der Waals surface area (Å²) >= 11 is 2.60. The number of anilines is 1. The normalized spacial score (nSPS) is 15.1. The number of hydrogen-bond donors (Lipinski definition) is 1. The third-order valence-electron chi connectivity index (χ3n) is 4.43. The first kappa shape index (κ1) is 20.6. The van der Waals surface area contributed by atoms with Crippen molar-refractivity contribution in [2.75, 3.05) is 11.1 Å². The zero-order valence-electron chi connectivity index (χ0n) is 15.9. The van der Waals surface area contributed by atoms with Gasteiger partial charge >= 0.3 is 0 Å². The van der Waals surface area contributed by atoms with Crippen molar-refractivity contribution < 1.29 is 13.6 Å². The van der Waals surface area contributed by atoms with Gasteiger partial charge in [0, 0.05) is 17.4 Å². The number of rotatable bonds is 5. The van der Waals surface area contributed by atoms with Crippen LogP contribution < -0.4 is 10.9 Å². The molecule has 1 aliphatic heterocycles. The molecule has 9 heteroatoms. The maximum Gasteiger partial charge on any atom is 0.272 e. The number of aromatic nitrogens is 2. The summed E-state index contributed by atoms with van der Waals surface area (Å²) in [6, 6.07) is 11.0. The number of thioether (sulfide) groups is 2. The van der Waals surface area contributed by atoms with Gasteiger partial charge in [0.25, 0.3) is 5.56 Å². The van der Waals surface area contributed by atoms with E-state index in [1.165, 1.54) is 64.9 Å². The molecule has 0 radical (unpaired) electrons. The molecule has 154 valence electrons. The average molecular weight is 446 g/mol. The lowest BCUT2D eigenvalue weighted by molar-refractivity contribution is -0.113. The zero-order chi connectivity index (χ0) is 21.3. The van der Waals surface area contributed by atoms with Gasteiger partial charge in [-0.15, -0.1) is 11.8 Å². The van der Waals surface area contributed by atoms with Crippen molar-refractivity contribution >= 4 is 35.1 Å². The number of nitrogens with one attached hydrogen (secondary N) is 1. The molecule has 1 amide bonds. The van der Waals surface area contributed by atoms with Crippen molar-refractivity contribution in [1.82, 2.24) is 9.55 Å². The summed E-state index contributed by atoms with van der Waals surface area (Å²) in [5, 5.41) is 3.29. The first-order valence-corrected chi connectivity index (χ1v) is 11.0. The van der Waals surface area contributed by atoms with E-state index < -0.39 is 5.82 Å². The lowest BCUT2D eigenvalue weighted by Gasteiger charge is -2.13. The quantitative estimate of drug-likeness (QED) is 0.469. The Labute approximate surface area is 179 Å². The van der Waals surface area contributed by atoms with Crippen LogP contribution in [0.4, 0.5) is 14.5 Å². The number of carbonyl (C=O) groups is 1. The predicted molar refractivity (Wildman–Crippen MR) is 115 cm³/mol. The van der Waals surface area contributed by atoms with E-state index >= 15 is 0 Å². The molecule has 30 heavy (non-hydrogen) atoms. The molecule has 2 heterocycles. The predicted octanol–water partition coefficient (Wildman–Crippen LogP) is 4.28. The Kier molecular flexibility index (Phi) is 5.92. The second-order valence-electron chi connectivity index (χ2n) is 6.76. The molecule has 0 saturated carbocycles. The number of nitrogens with zero attached hydrogens (tertiary/aromatic N) is 2. The Morgan fingerprint density at radius 3 is 2.47 bits per heavy atom. The molecule has 0 spiro atoms. The van der Waals surface area contributed by atoms with Crippen molar-refractivity contribution in [1.29, 1.82) is 0 Å². The fourth-order valence-corrected chi connectivity index (χ4v) is 5.00. The molecular formula is C21H17F2N3O2S2. The molecule has 0 saturated heterocycles. The van der Waals surface area contributed by atoms with Gasteiger partial charge in [0.15, 0.2) is 5.16 Å². The Balaban J connectivity index is 1.61. The third-order valence-corrected chi connectivity index (χ3v) is 6.58. The average Bonchev–Trinajstić information content (AvgIpc) is 3.10. The molecule has 1 aliphatic rings. The van der Waals surface area contributed by atoms with E-state index in [2.05, 4.69) is 10.3 Å². The fourth-order valence-electron chi connectivity index (χ4n) is 3.08.